The molecule has 0 aromatic carbocycles. The maximum Gasteiger partial charge on any atom is 0.0722 e. The molecule has 0 spiro atoms. The molecule has 2 saturated heterocycles. The monoisotopic (exact) mass is 233 g/mol. The largest absolute Gasteiger partial charge is 0.372 e. The number of nitrogens with zero attached hydrogens (tertiary/aromatic N) is 2. The fraction of sp³-hybridized carbons (Fsp3) is 0.615. The van der Waals surface area contributed by atoms with Crippen LogP contribution in [0.1, 0.15) is 12.0 Å². The summed E-state index contributed by atoms with van der Waals surface area (Å²) < 4.78 is 5.98. The molecule has 0 saturated carbocycles. The number of pyridine rings is 1. The third-order valence-electron chi connectivity index (χ3n) is 3.68. The van der Waals surface area contributed by atoms with Crippen molar-refractivity contribution in [3.63, 3.8) is 0 Å². The maximum atomic E-state index is 5.98. The van der Waals surface area contributed by atoms with Crippen LogP contribution in [-0.4, -0.2) is 48.2 Å². The van der Waals surface area contributed by atoms with Gasteiger partial charge < -0.3 is 10.1 Å². The summed E-state index contributed by atoms with van der Waals surface area (Å²) in [6.45, 7) is 5.21. The van der Waals surface area contributed by atoms with Crippen LogP contribution in [0.15, 0.2) is 24.5 Å². The lowest BCUT2D eigenvalue weighted by atomic mass is 10.2. The van der Waals surface area contributed by atoms with E-state index in [1.807, 2.05) is 24.5 Å². The average molecular weight is 233 g/mol. The highest BCUT2D eigenvalue weighted by Crippen LogP contribution is 2.22. The van der Waals surface area contributed by atoms with Gasteiger partial charge in [0.15, 0.2) is 0 Å². The molecule has 0 bridgehead atoms. The van der Waals surface area contributed by atoms with Gasteiger partial charge in [-0.25, -0.2) is 0 Å². The topological polar surface area (TPSA) is 37.4 Å². The van der Waals surface area contributed by atoms with Crippen molar-refractivity contribution in [1.82, 2.24) is 15.2 Å². The highest BCUT2D eigenvalue weighted by atomic mass is 16.5. The molecule has 2 aliphatic heterocycles. The first-order valence-corrected chi connectivity index (χ1v) is 6.37. The van der Waals surface area contributed by atoms with Gasteiger partial charge in [-0.1, -0.05) is 0 Å². The average Bonchev–Trinajstić information content (AvgIpc) is 2.80. The minimum Gasteiger partial charge on any atom is -0.372 e. The van der Waals surface area contributed by atoms with Crippen molar-refractivity contribution in [1.29, 1.82) is 0 Å². The first-order chi connectivity index (χ1) is 8.42. The van der Waals surface area contributed by atoms with E-state index in [1.165, 1.54) is 12.1 Å². The number of rotatable bonds is 3. The van der Waals surface area contributed by atoms with Crippen LogP contribution >= 0.6 is 0 Å². The Morgan fingerprint density at radius 1 is 1.41 bits per heavy atom. The summed E-state index contributed by atoms with van der Waals surface area (Å²) in [7, 11) is 0. The van der Waals surface area contributed by atoms with E-state index in [0.717, 1.165) is 26.1 Å². The second-order valence-corrected chi connectivity index (χ2v) is 4.88. The van der Waals surface area contributed by atoms with E-state index in [1.54, 1.807) is 0 Å². The molecule has 0 radical (unpaired) electrons. The van der Waals surface area contributed by atoms with Crippen molar-refractivity contribution in [3.05, 3.63) is 30.1 Å². The fourth-order valence-electron chi connectivity index (χ4n) is 2.73. The van der Waals surface area contributed by atoms with Gasteiger partial charge in [0.2, 0.25) is 0 Å². The van der Waals surface area contributed by atoms with Crippen molar-refractivity contribution >= 4 is 0 Å². The third-order valence-corrected chi connectivity index (χ3v) is 3.68. The van der Waals surface area contributed by atoms with Gasteiger partial charge in [-0.3, -0.25) is 9.88 Å². The Hall–Kier alpha value is -0.970. The Bertz CT molecular complexity index is 343. The molecule has 92 valence electrons. The second-order valence-electron chi connectivity index (χ2n) is 4.88. The van der Waals surface area contributed by atoms with E-state index >= 15 is 0 Å². The van der Waals surface area contributed by atoms with Gasteiger partial charge in [-0.05, 0) is 24.1 Å². The minimum absolute atomic E-state index is 0.396. The molecule has 0 amide bonds. The van der Waals surface area contributed by atoms with Crippen molar-refractivity contribution in [3.8, 4) is 0 Å². The summed E-state index contributed by atoms with van der Waals surface area (Å²) in [5.74, 6) is 0. The predicted octanol–water partition coefficient (Wildman–Crippen LogP) is 0.644. The molecule has 1 N–H and O–H groups in total. The first kappa shape index (κ1) is 11.1. The van der Waals surface area contributed by atoms with E-state index in [-0.39, 0.29) is 0 Å². The SMILES string of the molecule is c1cc(CO[C@@H]2C[C@@H]3CNCCN3C2)ccn1. The number of hydrogen-bond donors (Lipinski definition) is 1. The van der Waals surface area contributed by atoms with Gasteiger partial charge in [-0.2, -0.15) is 0 Å². The van der Waals surface area contributed by atoms with Crippen LogP contribution in [-0.2, 0) is 11.3 Å². The number of piperazine rings is 1. The Kier molecular flexibility index (Phi) is 3.36. The van der Waals surface area contributed by atoms with Crippen LogP contribution in [0.3, 0.4) is 0 Å². The summed E-state index contributed by atoms with van der Waals surface area (Å²) in [4.78, 5) is 6.56. The number of fused-ring (bicyclic) bond motifs is 1. The minimum atomic E-state index is 0.396. The normalized spacial score (nSPS) is 29.2. The van der Waals surface area contributed by atoms with Crippen LogP contribution < -0.4 is 5.32 Å². The molecule has 4 nitrogen and oxygen atoms in total. The molecule has 3 rings (SSSR count). The lowest BCUT2D eigenvalue weighted by Gasteiger charge is -2.29. The van der Waals surface area contributed by atoms with E-state index in [0.29, 0.717) is 18.8 Å². The Morgan fingerprint density at radius 2 is 2.29 bits per heavy atom. The van der Waals surface area contributed by atoms with Gasteiger partial charge in [0, 0.05) is 44.6 Å². The smallest absolute Gasteiger partial charge is 0.0722 e. The van der Waals surface area contributed by atoms with Crippen molar-refractivity contribution in [2.75, 3.05) is 26.2 Å². The summed E-state index contributed by atoms with van der Waals surface area (Å²) in [5, 5.41) is 3.45. The molecule has 17 heavy (non-hydrogen) atoms. The molecule has 3 heterocycles. The van der Waals surface area contributed by atoms with E-state index in [4.69, 9.17) is 4.74 Å². The van der Waals surface area contributed by atoms with Crippen molar-refractivity contribution in [2.24, 2.45) is 0 Å². The molecule has 0 unspecified atom stereocenters. The van der Waals surface area contributed by atoms with Crippen LogP contribution in [0.25, 0.3) is 0 Å². The standard InChI is InChI=1S/C13H19N3O/c1-3-14-4-2-11(1)10-17-13-7-12-8-15-5-6-16(12)9-13/h1-4,12-13,15H,5-10H2/t12-,13-/m1/s1. The molecular weight excluding hydrogens is 214 g/mol. The molecule has 2 fully saturated rings. The summed E-state index contributed by atoms with van der Waals surface area (Å²) in [6.07, 6.45) is 5.20. The second kappa shape index (κ2) is 5.12. The maximum absolute atomic E-state index is 5.98. The summed E-state index contributed by atoms with van der Waals surface area (Å²) in [6, 6.07) is 4.72. The predicted molar refractivity (Wildman–Crippen MR) is 65.7 cm³/mol. The Labute approximate surface area is 102 Å². The summed E-state index contributed by atoms with van der Waals surface area (Å²) in [5.41, 5.74) is 1.21. The van der Waals surface area contributed by atoms with Crippen molar-refractivity contribution in [2.45, 2.75) is 25.2 Å². The number of aromatic nitrogens is 1. The van der Waals surface area contributed by atoms with Crippen LogP contribution in [0.4, 0.5) is 0 Å². The molecular formula is C13H19N3O. The molecule has 1 aromatic heterocycles. The van der Waals surface area contributed by atoms with Gasteiger partial charge in [0.05, 0.1) is 12.7 Å². The zero-order valence-electron chi connectivity index (χ0n) is 10.0. The van der Waals surface area contributed by atoms with Crippen LogP contribution in [0, 0.1) is 0 Å². The third kappa shape index (κ3) is 2.65. The highest BCUT2D eigenvalue weighted by Gasteiger charge is 2.33. The van der Waals surface area contributed by atoms with Crippen LogP contribution in [0.5, 0.6) is 0 Å². The molecule has 4 heteroatoms. The van der Waals surface area contributed by atoms with Gasteiger partial charge in [0.25, 0.3) is 0 Å². The number of ether oxygens (including phenoxy) is 1. The zero-order valence-corrected chi connectivity index (χ0v) is 10.0. The number of nitrogens with one attached hydrogen (secondary N) is 1. The zero-order chi connectivity index (χ0) is 11.5. The molecule has 2 aliphatic rings. The van der Waals surface area contributed by atoms with Crippen molar-refractivity contribution < 1.29 is 4.74 Å². The van der Waals surface area contributed by atoms with Gasteiger partial charge >= 0.3 is 0 Å². The van der Waals surface area contributed by atoms with Gasteiger partial charge in [-0.15, -0.1) is 0 Å². The van der Waals surface area contributed by atoms with E-state index < -0.39 is 0 Å². The van der Waals surface area contributed by atoms with Gasteiger partial charge in [0.1, 0.15) is 0 Å². The highest BCUT2D eigenvalue weighted by molar-refractivity contribution is 5.08. The molecule has 0 aliphatic carbocycles. The number of hydrogen-bond acceptors (Lipinski definition) is 4. The lowest BCUT2D eigenvalue weighted by molar-refractivity contribution is 0.0468. The quantitative estimate of drug-likeness (QED) is 0.831. The molecule has 2 atom stereocenters. The van der Waals surface area contributed by atoms with Crippen LogP contribution in [0.2, 0.25) is 0 Å². The van der Waals surface area contributed by atoms with E-state index in [2.05, 4.69) is 15.2 Å². The first-order valence-electron chi connectivity index (χ1n) is 6.37. The Morgan fingerprint density at radius 3 is 3.12 bits per heavy atom. The van der Waals surface area contributed by atoms with E-state index in [9.17, 15) is 0 Å². The Balaban J connectivity index is 1.50. The summed E-state index contributed by atoms with van der Waals surface area (Å²) >= 11 is 0. The molecule has 1 aromatic rings. The lowest BCUT2D eigenvalue weighted by Crippen LogP contribution is -2.47. The fourth-order valence-corrected chi connectivity index (χ4v) is 2.73.